The van der Waals surface area contributed by atoms with Crippen molar-refractivity contribution in [2.45, 2.75) is 19.5 Å². The molecular formula is C18H13ClF3N. The molecular weight excluding hydrogens is 323 g/mol. The van der Waals surface area contributed by atoms with E-state index in [0.29, 0.717) is 17.1 Å². The highest BCUT2D eigenvalue weighted by Gasteiger charge is 2.30. The van der Waals surface area contributed by atoms with Crippen LogP contribution in [0.25, 0.3) is 10.8 Å². The van der Waals surface area contributed by atoms with Gasteiger partial charge in [-0.05, 0) is 42.0 Å². The van der Waals surface area contributed by atoms with Gasteiger partial charge in [-0.1, -0.05) is 47.5 Å². The third-order valence-electron chi connectivity index (χ3n) is 3.69. The lowest BCUT2D eigenvalue weighted by Crippen LogP contribution is -2.05. The number of aromatic nitrogens is 1. The summed E-state index contributed by atoms with van der Waals surface area (Å²) in [6.07, 6.45) is -2.35. The number of fused-ring (bicyclic) bond motifs is 1. The van der Waals surface area contributed by atoms with E-state index in [-0.39, 0.29) is 0 Å². The zero-order chi connectivity index (χ0) is 16.6. The van der Waals surface area contributed by atoms with Crippen LogP contribution in [0.2, 0.25) is 5.15 Å². The maximum atomic E-state index is 12.9. The molecule has 0 atom stereocenters. The number of halogens is 4. The first-order valence-corrected chi connectivity index (χ1v) is 7.42. The molecule has 0 aliphatic rings. The number of pyridine rings is 1. The minimum Gasteiger partial charge on any atom is -0.244 e. The van der Waals surface area contributed by atoms with Gasteiger partial charge in [-0.3, -0.25) is 0 Å². The summed E-state index contributed by atoms with van der Waals surface area (Å²) in [6.45, 7) is 1.95. The predicted molar refractivity (Wildman–Crippen MR) is 85.7 cm³/mol. The molecule has 3 aromatic rings. The highest BCUT2D eigenvalue weighted by atomic mass is 35.5. The molecule has 1 heterocycles. The molecule has 118 valence electrons. The Morgan fingerprint density at radius 1 is 1.09 bits per heavy atom. The summed E-state index contributed by atoms with van der Waals surface area (Å²) in [5.41, 5.74) is 1.85. The number of hydrogen-bond acceptors (Lipinski definition) is 1. The van der Waals surface area contributed by atoms with Crippen molar-refractivity contribution >= 4 is 22.4 Å². The van der Waals surface area contributed by atoms with Gasteiger partial charge in [0.25, 0.3) is 0 Å². The molecule has 0 N–H and O–H groups in total. The van der Waals surface area contributed by atoms with Crippen LogP contribution in [-0.4, -0.2) is 4.98 Å². The molecule has 0 spiro atoms. The summed E-state index contributed by atoms with van der Waals surface area (Å²) < 4.78 is 38.6. The maximum Gasteiger partial charge on any atom is 0.416 e. The molecule has 23 heavy (non-hydrogen) atoms. The first kappa shape index (κ1) is 15.8. The van der Waals surface area contributed by atoms with Crippen LogP contribution in [-0.2, 0) is 12.6 Å². The molecule has 0 saturated heterocycles. The van der Waals surface area contributed by atoms with Crippen molar-refractivity contribution in [3.8, 4) is 0 Å². The lowest BCUT2D eigenvalue weighted by atomic mass is 9.96. The smallest absolute Gasteiger partial charge is 0.244 e. The molecule has 5 heteroatoms. The van der Waals surface area contributed by atoms with Gasteiger partial charge in [-0.2, -0.15) is 13.2 Å². The third-order valence-corrected chi connectivity index (χ3v) is 3.98. The van der Waals surface area contributed by atoms with E-state index in [2.05, 4.69) is 4.98 Å². The fraction of sp³-hybridized carbons (Fsp3) is 0.167. The Balaban J connectivity index is 2.09. The molecule has 0 saturated carbocycles. The van der Waals surface area contributed by atoms with Gasteiger partial charge in [0, 0.05) is 11.6 Å². The average Bonchev–Trinajstić information content (AvgIpc) is 2.46. The SMILES string of the molecule is Cc1cc(Cc2cccc(C(F)(F)F)c2)c2c(Cl)nccc2c1. The topological polar surface area (TPSA) is 12.9 Å². The van der Waals surface area contributed by atoms with Gasteiger partial charge in [0.05, 0.1) is 5.56 Å². The highest BCUT2D eigenvalue weighted by molar-refractivity contribution is 6.34. The van der Waals surface area contributed by atoms with Gasteiger partial charge in [0.2, 0.25) is 0 Å². The summed E-state index contributed by atoms with van der Waals surface area (Å²) in [5, 5.41) is 2.09. The number of benzene rings is 2. The normalized spacial score (nSPS) is 11.9. The molecule has 3 rings (SSSR count). The lowest BCUT2D eigenvalue weighted by molar-refractivity contribution is -0.137. The zero-order valence-electron chi connectivity index (χ0n) is 12.3. The van der Waals surface area contributed by atoms with E-state index in [0.717, 1.165) is 28.0 Å². The molecule has 0 aliphatic heterocycles. The molecule has 0 radical (unpaired) electrons. The molecule has 0 bridgehead atoms. The van der Waals surface area contributed by atoms with E-state index in [1.165, 1.54) is 12.1 Å². The van der Waals surface area contributed by atoms with E-state index in [1.54, 1.807) is 12.3 Å². The van der Waals surface area contributed by atoms with Crippen molar-refractivity contribution in [1.29, 1.82) is 0 Å². The van der Waals surface area contributed by atoms with Crippen LogP contribution in [0.1, 0.15) is 22.3 Å². The van der Waals surface area contributed by atoms with Crippen LogP contribution in [0.3, 0.4) is 0 Å². The molecule has 1 nitrogen and oxygen atoms in total. The van der Waals surface area contributed by atoms with E-state index in [1.807, 2.05) is 25.1 Å². The molecule has 0 unspecified atom stereocenters. The second-order valence-electron chi connectivity index (χ2n) is 5.50. The Bertz CT molecular complexity index is 872. The zero-order valence-corrected chi connectivity index (χ0v) is 13.0. The number of nitrogens with zero attached hydrogens (tertiary/aromatic N) is 1. The predicted octanol–water partition coefficient (Wildman–Crippen LogP) is 5.81. The van der Waals surface area contributed by atoms with E-state index in [4.69, 9.17) is 11.6 Å². The lowest BCUT2D eigenvalue weighted by Gasteiger charge is -2.12. The molecule has 1 aromatic heterocycles. The Kier molecular flexibility index (Phi) is 4.02. The summed E-state index contributed by atoms with van der Waals surface area (Å²) in [5.74, 6) is 0. The first-order chi connectivity index (χ1) is 10.8. The molecule has 0 aliphatic carbocycles. The van der Waals surface area contributed by atoms with Gasteiger partial charge in [0.1, 0.15) is 5.15 Å². The number of rotatable bonds is 2. The van der Waals surface area contributed by atoms with E-state index < -0.39 is 11.7 Å². The summed E-state index contributed by atoms with van der Waals surface area (Å²) in [7, 11) is 0. The van der Waals surface area contributed by atoms with Crippen molar-refractivity contribution in [3.63, 3.8) is 0 Å². The molecule has 0 amide bonds. The van der Waals surface area contributed by atoms with Crippen LogP contribution < -0.4 is 0 Å². The van der Waals surface area contributed by atoms with Crippen LogP contribution in [0.15, 0.2) is 48.7 Å². The maximum absolute atomic E-state index is 12.9. The molecule has 0 fully saturated rings. The van der Waals surface area contributed by atoms with Crippen LogP contribution in [0, 0.1) is 6.92 Å². The first-order valence-electron chi connectivity index (χ1n) is 7.04. The monoisotopic (exact) mass is 335 g/mol. The second-order valence-corrected chi connectivity index (χ2v) is 5.86. The standard InChI is InChI=1S/C18H13ClF3N/c1-11-7-13-5-6-23-17(19)16(13)14(8-11)9-12-3-2-4-15(10-12)18(20,21)22/h2-8,10H,9H2,1H3. The van der Waals surface area contributed by atoms with Crippen LogP contribution >= 0.6 is 11.6 Å². The Labute approximate surface area is 136 Å². The average molecular weight is 336 g/mol. The summed E-state index contributed by atoms with van der Waals surface area (Å²) in [4.78, 5) is 4.08. The van der Waals surface area contributed by atoms with E-state index in [9.17, 15) is 13.2 Å². The van der Waals surface area contributed by atoms with Crippen molar-refractivity contribution in [2.75, 3.05) is 0 Å². The largest absolute Gasteiger partial charge is 0.416 e. The van der Waals surface area contributed by atoms with Gasteiger partial charge in [0.15, 0.2) is 0 Å². The quantitative estimate of drug-likeness (QED) is 0.539. The minimum atomic E-state index is -4.34. The summed E-state index contributed by atoms with van der Waals surface area (Å²) >= 11 is 6.19. The van der Waals surface area contributed by atoms with Crippen LogP contribution in [0.5, 0.6) is 0 Å². The number of hydrogen-bond donors (Lipinski definition) is 0. The van der Waals surface area contributed by atoms with Gasteiger partial charge in [-0.15, -0.1) is 0 Å². The van der Waals surface area contributed by atoms with Gasteiger partial charge >= 0.3 is 6.18 Å². The van der Waals surface area contributed by atoms with Crippen molar-refractivity contribution in [3.05, 3.63) is 76.1 Å². The summed E-state index contributed by atoms with van der Waals surface area (Å²) in [6, 6.07) is 11.1. The minimum absolute atomic E-state index is 0.365. The second kappa shape index (κ2) is 5.85. The van der Waals surface area contributed by atoms with E-state index >= 15 is 0 Å². The van der Waals surface area contributed by atoms with Crippen molar-refractivity contribution in [1.82, 2.24) is 4.98 Å². The van der Waals surface area contributed by atoms with Gasteiger partial charge < -0.3 is 0 Å². The Morgan fingerprint density at radius 2 is 1.87 bits per heavy atom. The fourth-order valence-electron chi connectivity index (χ4n) is 2.74. The van der Waals surface area contributed by atoms with Crippen molar-refractivity contribution < 1.29 is 13.2 Å². The number of aryl methyl sites for hydroxylation is 1. The van der Waals surface area contributed by atoms with Crippen molar-refractivity contribution in [2.24, 2.45) is 0 Å². The van der Waals surface area contributed by atoms with Gasteiger partial charge in [-0.25, -0.2) is 4.98 Å². The Hall–Kier alpha value is -2.07. The Morgan fingerprint density at radius 3 is 2.61 bits per heavy atom. The number of alkyl halides is 3. The van der Waals surface area contributed by atoms with Crippen LogP contribution in [0.4, 0.5) is 13.2 Å². The third kappa shape index (κ3) is 3.32. The fourth-order valence-corrected chi connectivity index (χ4v) is 3.03. The highest BCUT2D eigenvalue weighted by Crippen LogP contribution is 2.32. The molecule has 2 aromatic carbocycles.